The second kappa shape index (κ2) is 4.28. The van der Waals surface area contributed by atoms with E-state index in [2.05, 4.69) is 5.16 Å². The maximum absolute atomic E-state index is 11.5. The van der Waals surface area contributed by atoms with Crippen LogP contribution >= 0.6 is 0 Å². The van der Waals surface area contributed by atoms with Crippen molar-refractivity contribution in [2.45, 2.75) is 13.5 Å². The number of nitrogens with zero attached hydrogens (tertiary/aromatic N) is 3. The molecular weight excluding hydrogens is 244 g/mol. The molecule has 1 N–H and O–H groups in total. The van der Waals surface area contributed by atoms with Crippen molar-refractivity contribution in [2.24, 2.45) is 0 Å². The fourth-order valence-electron chi connectivity index (χ4n) is 1.41. The maximum atomic E-state index is 11.5. The molecule has 0 radical (unpaired) electrons. The second-order valence-corrected chi connectivity index (χ2v) is 3.59. The first-order valence-electron chi connectivity index (χ1n) is 4.87. The molecule has 18 heavy (non-hydrogen) atoms. The minimum Gasteiger partial charge on any atom is -0.361 e. The number of aromatic amines is 1. The highest BCUT2D eigenvalue weighted by Gasteiger charge is 2.15. The Morgan fingerprint density at radius 1 is 1.56 bits per heavy atom. The third-order valence-electron chi connectivity index (χ3n) is 2.20. The van der Waals surface area contributed by atoms with E-state index in [0.29, 0.717) is 11.5 Å². The fraction of sp³-hybridized carbons (Fsp3) is 0.222. The first-order chi connectivity index (χ1) is 8.47. The molecule has 9 heteroatoms. The normalized spacial score (nSPS) is 10.5. The van der Waals surface area contributed by atoms with Crippen LogP contribution in [0.1, 0.15) is 11.5 Å². The van der Waals surface area contributed by atoms with Crippen molar-refractivity contribution >= 4 is 5.69 Å². The lowest BCUT2D eigenvalue weighted by Gasteiger charge is -2.00. The Kier molecular flexibility index (Phi) is 2.80. The molecule has 0 aliphatic rings. The zero-order valence-electron chi connectivity index (χ0n) is 9.24. The summed E-state index contributed by atoms with van der Waals surface area (Å²) in [6.07, 6.45) is 0.880. The Labute approximate surface area is 98.8 Å². The van der Waals surface area contributed by atoms with Crippen LogP contribution < -0.4 is 11.2 Å². The van der Waals surface area contributed by atoms with Crippen LogP contribution in [0.25, 0.3) is 0 Å². The van der Waals surface area contributed by atoms with Gasteiger partial charge in [0.25, 0.3) is 0 Å². The van der Waals surface area contributed by atoms with E-state index in [4.69, 9.17) is 4.52 Å². The van der Waals surface area contributed by atoms with Gasteiger partial charge in [-0.05, 0) is 6.92 Å². The molecule has 94 valence electrons. The maximum Gasteiger partial charge on any atom is 0.350 e. The van der Waals surface area contributed by atoms with Crippen molar-refractivity contribution < 1.29 is 9.45 Å². The molecule has 0 spiro atoms. The van der Waals surface area contributed by atoms with Crippen LogP contribution in [0.2, 0.25) is 0 Å². The number of rotatable bonds is 3. The first-order valence-corrected chi connectivity index (χ1v) is 4.87. The molecule has 2 rings (SSSR count). The number of aromatic nitrogens is 3. The Bertz CT molecular complexity index is 710. The molecule has 2 aromatic rings. The highest BCUT2D eigenvalue weighted by molar-refractivity contribution is 5.21. The molecule has 2 aromatic heterocycles. The van der Waals surface area contributed by atoms with E-state index in [1.165, 1.54) is 0 Å². The van der Waals surface area contributed by atoms with Crippen LogP contribution in [0, 0.1) is 17.0 Å². The van der Waals surface area contributed by atoms with Gasteiger partial charge in [-0.25, -0.2) is 4.79 Å². The predicted molar refractivity (Wildman–Crippen MR) is 58.3 cm³/mol. The summed E-state index contributed by atoms with van der Waals surface area (Å²) in [5.74, 6) is 0.553. The van der Waals surface area contributed by atoms with Crippen molar-refractivity contribution in [2.75, 3.05) is 0 Å². The zero-order chi connectivity index (χ0) is 13.3. The van der Waals surface area contributed by atoms with E-state index in [0.717, 1.165) is 10.8 Å². The van der Waals surface area contributed by atoms with E-state index < -0.39 is 21.9 Å². The van der Waals surface area contributed by atoms with E-state index in [9.17, 15) is 19.7 Å². The zero-order valence-corrected chi connectivity index (χ0v) is 9.24. The summed E-state index contributed by atoms with van der Waals surface area (Å²) in [5, 5.41) is 14.2. The molecule has 0 amide bonds. The standard InChI is InChI=1S/C9H8N4O5/c1-5-2-6(11-18-5)3-12-4-7(13(16)17)8(14)10-9(12)15/h2,4H,3H2,1H3,(H,10,14,15). The Morgan fingerprint density at radius 3 is 2.83 bits per heavy atom. The Balaban J connectivity index is 2.45. The minimum atomic E-state index is -1.03. The summed E-state index contributed by atoms with van der Waals surface area (Å²) in [7, 11) is 0. The third-order valence-corrected chi connectivity index (χ3v) is 2.20. The van der Waals surface area contributed by atoms with E-state index in [-0.39, 0.29) is 6.54 Å². The number of nitrogens with one attached hydrogen (secondary N) is 1. The number of hydrogen-bond donors (Lipinski definition) is 1. The van der Waals surface area contributed by atoms with Gasteiger partial charge in [-0.1, -0.05) is 5.16 Å². The molecule has 0 aliphatic carbocycles. The van der Waals surface area contributed by atoms with Crippen molar-refractivity contribution in [3.05, 3.63) is 54.7 Å². The Morgan fingerprint density at radius 2 is 2.28 bits per heavy atom. The van der Waals surface area contributed by atoms with Gasteiger partial charge in [0.1, 0.15) is 11.5 Å². The van der Waals surface area contributed by atoms with Gasteiger partial charge in [0, 0.05) is 6.07 Å². The quantitative estimate of drug-likeness (QED) is 0.595. The number of H-pyrrole nitrogens is 1. The van der Waals surface area contributed by atoms with Crippen LogP contribution in [0.4, 0.5) is 5.69 Å². The molecule has 0 aliphatic heterocycles. The van der Waals surface area contributed by atoms with Crippen LogP contribution in [-0.2, 0) is 6.54 Å². The van der Waals surface area contributed by atoms with Gasteiger partial charge in [-0.15, -0.1) is 0 Å². The molecule has 0 fully saturated rings. The third kappa shape index (κ3) is 2.19. The molecule has 0 saturated heterocycles. The van der Waals surface area contributed by atoms with Crippen LogP contribution in [0.15, 0.2) is 26.4 Å². The van der Waals surface area contributed by atoms with Crippen molar-refractivity contribution in [1.82, 2.24) is 14.7 Å². The number of hydrogen-bond acceptors (Lipinski definition) is 6. The van der Waals surface area contributed by atoms with Gasteiger partial charge >= 0.3 is 16.9 Å². The van der Waals surface area contributed by atoms with E-state index in [1.54, 1.807) is 13.0 Å². The van der Waals surface area contributed by atoms with Crippen molar-refractivity contribution in [3.8, 4) is 0 Å². The minimum absolute atomic E-state index is 0.0200. The molecular formula is C9H8N4O5. The number of nitro groups is 1. The molecule has 9 nitrogen and oxygen atoms in total. The summed E-state index contributed by atoms with van der Waals surface area (Å²) in [6.45, 7) is 1.66. The average Bonchev–Trinajstić information content (AvgIpc) is 2.67. The predicted octanol–water partition coefficient (Wildman–Crippen LogP) is -0.210. The summed E-state index contributed by atoms with van der Waals surface area (Å²) in [4.78, 5) is 34.2. The van der Waals surface area contributed by atoms with Crippen molar-refractivity contribution in [3.63, 3.8) is 0 Å². The molecule has 0 bridgehead atoms. The van der Waals surface area contributed by atoms with Gasteiger partial charge in [0.05, 0.1) is 17.7 Å². The van der Waals surface area contributed by atoms with Gasteiger partial charge in [-0.3, -0.25) is 24.5 Å². The lowest BCUT2D eigenvalue weighted by atomic mass is 10.4. The second-order valence-electron chi connectivity index (χ2n) is 3.59. The number of aryl methyl sites for hydroxylation is 1. The highest BCUT2D eigenvalue weighted by atomic mass is 16.6. The SMILES string of the molecule is Cc1cc(Cn2cc([N+](=O)[O-])c(=O)[nH]c2=O)no1. The van der Waals surface area contributed by atoms with E-state index in [1.807, 2.05) is 4.98 Å². The Hall–Kier alpha value is -2.71. The first kappa shape index (κ1) is 11.8. The topological polar surface area (TPSA) is 124 Å². The molecule has 0 aromatic carbocycles. The van der Waals surface area contributed by atoms with Crippen LogP contribution in [0.3, 0.4) is 0 Å². The van der Waals surface area contributed by atoms with E-state index >= 15 is 0 Å². The molecule has 0 atom stereocenters. The molecule has 0 unspecified atom stereocenters. The summed E-state index contributed by atoms with van der Waals surface area (Å²) >= 11 is 0. The molecule has 2 heterocycles. The summed E-state index contributed by atoms with van der Waals surface area (Å²) < 4.78 is 5.79. The largest absolute Gasteiger partial charge is 0.361 e. The highest BCUT2D eigenvalue weighted by Crippen LogP contribution is 2.04. The summed E-state index contributed by atoms with van der Waals surface area (Å²) in [5.41, 5.74) is -2.05. The van der Waals surface area contributed by atoms with Gasteiger partial charge < -0.3 is 4.52 Å². The smallest absolute Gasteiger partial charge is 0.350 e. The fourth-order valence-corrected chi connectivity index (χ4v) is 1.41. The monoisotopic (exact) mass is 252 g/mol. The van der Waals surface area contributed by atoms with Gasteiger partial charge in [0.2, 0.25) is 0 Å². The average molecular weight is 252 g/mol. The van der Waals surface area contributed by atoms with Crippen LogP contribution in [0.5, 0.6) is 0 Å². The van der Waals surface area contributed by atoms with Gasteiger partial charge in [-0.2, -0.15) is 0 Å². The summed E-state index contributed by atoms with van der Waals surface area (Å²) in [6, 6.07) is 1.59. The molecule has 0 saturated carbocycles. The van der Waals surface area contributed by atoms with Gasteiger partial charge in [0.15, 0.2) is 0 Å². The lowest BCUT2D eigenvalue weighted by molar-refractivity contribution is -0.386. The lowest BCUT2D eigenvalue weighted by Crippen LogP contribution is -2.31. The van der Waals surface area contributed by atoms with Crippen LogP contribution in [-0.4, -0.2) is 19.6 Å². The van der Waals surface area contributed by atoms with Crippen molar-refractivity contribution in [1.29, 1.82) is 0 Å².